The van der Waals surface area contributed by atoms with Gasteiger partial charge in [-0.15, -0.1) is 0 Å². The van der Waals surface area contributed by atoms with Crippen LogP contribution >= 0.6 is 0 Å². The number of aromatic nitrogens is 1. The Morgan fingerprint density at radius 2 is 2.10 bits per heavy atom. The number of benzene rings is 1. The van der Waals surface area contributed by atoms with Crippen LogP contribution in [0.3, 0.4) is 0 Å². The van der Waals surface area contributed by atoms with E-state index in [0.29, 0.717) is 12.2 Å². The van der Waals surface area contributed by atoms with Gasteiger partial charge < -0.3 is 15.6 Å². The molecule has 0 atom stereocenters. The minimum absolute atomic E-state index is 0.00818. The normalized spacial score (nSPS) is 10.2. The number of nitro groups is 1. The van der Waals surface area contributed by atoms with Crippen molar-refractivity contribution in [1.82, 2.24) is 4.98 Å². The van der Waals surface area contributed by atoms with E-state index in [1.165, 1.54) is 6.07 Å². The molecule has 0 amide bonds. The van der Waals surface area contributed by atoms with E-state index in [-0.39, 0.29) is 24.0 Å². The Balaban J connectivity index is 2.32. The molecule has 0 unspecified atom stereocenters. The highest BCUT2D eigenvalue weighted by Crippen LogP contribution is 2.27. The van der Waals surface area contributed by atoms with Gasteiger partial charge in [-0.3, -0.25) is 10.1 Å². The molecule has 7 nitrogen and oxygen atoms in total. The first kappa shape index (κ1) is 13.8. The maximum Gasteiger partial charge on any atom is 0.278 e. The van der Waals surface area contributed by atoms with E-state index < -0.39 is 4.92 Å². The van der Waals surface area contributed by atoms with Gasteiger partial charge in [0.1, 0.15) is 11.6 Å². The molecule has 0 spiro atoms. The van der Waals surface area contributed by atoms with Crippen molar-refractivity contribution in [3.05, 3.63) is 52.1 Å². The molecular formula is C13H13N3O4. The van der Waals surface area contributed by atoms with Gasteiger partial charge in [-0.25, -0.2) is 0 Å². The molecule has 1 heterocycles. The molecule has 0 radical (unpaired) electrons. The van der Waals surface area contributed by atoms with Gasteiger partial charge >= 0.3 is 0 Å². The number of rotatable bonds is 5. The van der Waals surface area contributed by atoms with Crippen molar-refractivity contribution in [3.8, 4) is 11.6 Å². The van der Waals surface area contributed by atoms with Crippen LogP contribution in [-0.4, -0.2) is 21.6 Å². The molecule has 1 aromatic carbocycles. The van der Waals surface area contributed by atoms with Crippen LogP contribution in [0.25, 0.3) is 0 Å². The minimum Gasteiger partial charge on any atom is -0.438 e. The Morgan fingerprint density at radius 3 is 2.80 bits per heavy atom. The molecule has 7 heteroatoms. The van der Waals surface area contributed by atoms with Crippen molar-refractivity contribution >= 4 is 11.5 Å². The Morgan fingerprint density at radius 1 is 1.35 bits per heavy atom. The summed E-state index contributed by atoms with van der Waals surface area (Å²) in [6.45, 7) is -0.0229. The molecular weight excluding hydrogens is 262 g/mol. The number of aliphatic hydroxyl groups is 1. The number of nitrogens with zero attached hydrogens (tertiary/aromatic N) is 2. The third kappa shape index (κ3) is 3.21. The van der Waals surface area contributed by atoms with Crippen LogP contribution in [-0.2, 0) is 6.42 Å². The summed E-state index contributed by atoms with van der Waals surface area (Å²) < 4.78 is 5.53. The van der Waals surface area contributed by atoms with Crippen molar-refractivity contribution in [3.63, 3.8) is 0 Å². The van der Waals surface area contributed by atoms with Gasteiger partial charge in [0.15, 0.2) is 0 Å². The summed E-state index contributed by atoms with van der Waals surface area (Å²) in [7, 11) is 0. The molecule has 0 bridgehead atoms. The van der Waals surface area contributed by atoms with Crippen LogP contribution in [0.2, 0.25) is 0 Å². The second kappa shape index (κ2) is 5.98. The number of aliphatic hydroxyl groups excluding tert-OH is 1. The zero-order valence-corrected chi connectivity index (χ0v) is 10.5. The monoisotopic (exact) mass is 275 g/mol. The lowest BCUT2D eigenvalue weighted by molar-refractivity contribution is -0.384. The van der Waals surface area contributed by atoms with E-state index in [1.807, 2.05) is 6.07 Å². The number of anilines is 1. The maximum absolute atomic E-state index is 10.8. The number of nitrogens with two attached hydrogens (primary N) is 1. The molecule has 0 aliphatic heterocycles. The van der Waals surface area contributed by atoms with Crippen LogP contribution in [0.4, 0.5) is 11.5 Å². The SMILES string of the molecule is Nc1cc([N+](=O)[O-])cc(Oc2ccccc2CCO)n1. The second-order valence-corrected chi connectivity index (χ2v) is 4.03. The summed E-state index contributed by atoms with van der Waals surface area (Å²) in [6, 6.07) is 9.43. The summed E-state index contributed by atoms with van der Waals surface area (Å²) in [5, 5.41) is 19.8. The van der Waals surface area contributed by atoms with Gasteiger partial charge in [0, 0.05) is 6.61 Å². The first-order chi connectivity index (χ1) is 9.60. The average molecular weight is 275 g/mol. The van der Waals surface area contributed by atoms with Crippen molar-refractivity contribution in [2.45, 2.75) is 6.42 Å². The fourth-order valence-electron chi connectivity index (χ4n) is 1.71. The van der Waals surface area contributed by atoms with Crippen molar-refractivity contribution < 1.29 is 14.8 Å². The summed E-state index contributed by atoms with van der Waals surface area (Å²) in [4.78, 5) is 14.1. The Hall–Kier alpha value is -2.67. The first-order valence-electron chi connectivity index (χ1n) is 5.88. The van der Waals surface area contributed by atoms with Crippen LogP contribution < -0.4 is 10.5 Å². The zero-order valence-electron chi connectivity index (χ0n) is 10.5. The third-order valence-corrected chi connectivity index (χ3v) is 2.59. The van der Waals surface area contributed by atoms with E-state index in [9.17, 15) is 10.1 Å². The van der Waals surface area contributed by atoms with Gasteiger partial charge in [0.2, 0.25) is 5.88 Å². The van der Waals surface area contributed by atoms with E-state index in [1.54, 1.807) is 18.2 Å². The molecule has 104 valence electrons. The fourth-order valence-corrected chi connectivity index (χ4v) is 1.71. The van der Waals surface area contributed by atoms with E-state index in [2.05, 4.69) is 4.98 Å². The lowest BCUT2D eigenvalue weighted by Crippen LogP contribution is -1.99. The third-order valence-electron chi connectivity index (χ3n) is 2.59. The van der Waals surface area contributed by atoms with Crippen LogP contribution in [0.15, 0.2) is 36.4 Å². The van der Waals surface area contributed by atoms with Crippen LogP contribution in [0.1, 0.15) is 5.56 Å². The molecule has 2 aromatic rings. The molecule has 20 heavy (non-hydrogen) atoms. The van der Waals surface area contributed by atoms with Crippen molar-refractivity contribution in [1.29, 1.82) is 0 Å². The second-order valence-electron chi connectivity index (χ2n) is 4.03. The smallest absolute Gasteiger partial charge is 0.278 e. The highest BCUT2D eigenvalue weighted by Gasteiger charge is 2.12. The Bertz CT molecular complexity index is 631. The van der Waals surface area contributed by atoms with E-state index in [0.717, 1.165) is 11.6 Å². The van der Waals surface area contributed by atoms with Crippen LogP contribution in [0.5, 0.6) is 11.6 Å². The number of hydrogen-bond acceptors (Lipinski definition) is 6. The zero-order chi connectivity index (χ0) is 14.5. The maximum atomic E-state index is 10.8. The average Bonchev–Trinajstić information content (AvgIpc) is 2.40. The molecule has 3 N–H and O–H groups in total. The van der Waals surface area contributed by atoms with Crippen molar-refractivity contribution in [2.75, 3.05) is 12.3 Å². The van der Waals surface area contributed by atoms with E-state index in [4.69, 9.17) is 15.6 Å². The summed E-state index contributed by atoms with van der Waals surface area (Å²) >= 11 is 0. The number of hydrogen-bond donors (Lipinski definition) is 2. The number of ether oxygens (including phenoxy) is 1. The molecule has 2 rings (SSSR count). The molecule has 1 aromatic heterocycles. The number of pyridine rings is 1. The van der Waals surface area contributed by atoms with E-state index >= 15 is 0 Å². The first-order valence-corrected chi connectivity index (χ1v) is 5.88. The standard InChI is InChI=1S/C13H13N3O4/c14-12-7-10(16(18)19)8-13(15-12)20-11-4-2-1-3-9(11)5-6-17/h1-4,7-8,17H,5-6H2,(H2,14,15). The van der Waals surface area contributed by atoms with Gasteiger partial charge in [0.05, 0.1) is 17.1 Å². The summed E-state index contributed by atoms with van der Waals surface area (Å²) in [5.41, 5.74) is 6.10. The summed E-state index contributed by atoms with van der Waals surface area (Å²) in [5.74, 6) is 0.532. The minimum atomic E-state index is -0.565. The van der Waals surface area contributed by atoms with Gasteiger partial charge in [-0.2, -0.15) is 4.98 Å². The molecule has 0 saturated heterocycles. The lowest BCUT2D eigenvalue weighted by atomic mass is 10.1. The predicted molar refractivity (Wildman–Crippen MR) is 72.6 cm³/mol. The lowest BCUT2D eigenvalue weighted by Gasteiger charge is -2.09. The van der Waals surface area contributed by atoms with Crippen LogP contribution in [0, 0.1) is 10.1 Å². The fraction of sp³-hybridized carbons (Fsp3) is 0.154. The highest BCUT2D eigenvalue weighted by molar-refractivity contribution is 5.47. The molecule has 0 aliphatic carbocycles. The molecule has 0 fully saturated rings. The highest BCUT2D eigenvalue weighted by atomic mass is 16.6. The van der Waals surface area contributed by atoms with Gasteiger partial charge in [-0.05, 0) is 18.1 Å². The topological polar surface area (TPSA) is 112 Å². The van der Waals surface area contributed by atoms with Gasteiger partial charge in [-0.1, -0.05) is 18.2 Å². The number of nitrogen functional groups attached to an aromatic ring is 1. The Labute approximate surface area is 114 Å². The largest absolute Gasteiger partial charge is 0.438 e. The molecule has 0 aliphatic rings. The summed E-state index contributed by atoms with van der Waals surface area (Å²) in [6.07, 6.45) is 0.417. The predicted octanol–water partition coefficient (Wildman–Crippen LogP) is 1.90. The van der Waals surface area contributed by atoms with Crippen molar-refractivity contribution in [2.24, 2.45) is 0 Å². The Kier molecular flexibility index (Phi) is 4.11. The van der Waals surface area contributed by atoms with Gasteiger partial charge in [0.25, 0.3) is 5.69 Å². The number of para-hydroxylation sites is 1. The molecule has 0 saturated carbocycles. The quantitative estimate of drug-likeness (QED) is 0.636.